The summed E-state index contributed by atoms with van der Waals surface area (Å²) in [5.41, 5.74) is 1.44. The van der Waals surface area contributed by atoms with Crippen LogP contribution in [0.5, 0.6) is 0 Å². The molecule has 2 heterocycles. The Hall–Kier alpha value is -2.76. The first-order chi connectivity index (χ1) is 15.2. The molecule has 1 atom stereocenters. The van der Waals surface area contributed by atoms with Crippen LogP contribution in [0, 0.1) is 25.5 Å². The van der Waals surface area contributed by atoms with Gasteiger partial charge in [-0.2, -0.15) is 4.31 Å². The predicted octanol–water partition coefficient (Wildman–Crippen LogP) is 4.21. The minimum atomic E-state index is -3.77. The summed E-state index contributed by atoms with van der Waals surface area (Å²) in [4.78, 5) is 12.7. The Balaban J connectivity index is 1.57. The number of amides is 1. The molecule has 32 heavy (non-hydrogen) atoms. The molecule has 1 aliphatic rings. The Morgan fingerprint density at radius 1 is 1.16 bits per heavy atom. The summed E-state index contributed by atoms with van der Waals surface area (Å²) >= 11 is 0.951. The molecule has 0 bridgehead atoms. The fourth-order valence-electron chi connectivity index (χ4n) is 3.72. The largest absolute Gasteiger partial charge is 0.317 e. The van der Waals surface area contributed by atoms with Crippen LogP contribution in [0.1, 0.15) is 44.8 Å². The Kier molecular flexibility index (Phi) is 6.06. The average Bonchev–Trinajstić information content (AvgIpc) is 3.39. The molecule has 0 radical (unpaired) electrons. The van der Waals surface area contributed by atoms with Crippen LogP contribution in [0.2, 0.25) is 0 Å². The van der Waals surface area contributed by atoms with Crippen LogP contribution in [0.15, 0.2) is 41.3 Å². The third kappa shape index (κ3) is 4.27. The van der Waals surface area contributed by atoms with Crippen molar-refractivity contribution in [3.63, 3.8) is 0 Å². The van der Waals surface area contributed by atoms with Gasteiger partial charge in [0.15, 0.2) is 0 Å². The maximum absolute atomic E-state index is 13.8. The maximum atomic E-state index is 13.8. The van der Waals surface area contributed by atoms with Crippen LogP contribution < -0.4 is 5.32 Å². The number of anilines is 1. The van der Waals surface area contributed by atoms with Gasteiger partial charge in [-0.05, 0) is 50.5 Å². The summed E-state index contributed by atoms with van der Waals surface area (Å²) in [5, 5.41) is 10.6. The lowest BCUT2D eigenvalue weighted by Gasteiger charge is -2.23. The number of aromatic nitrogens is 2. The van der Waals surface area contributed by atoms with Crippen LogP contribution >= 0.6 is 11.3 Å². The molecule has 1 saturated heterocycles. The predicted molar refractivity (Wildman–Crippen MR) is 116 cm³/mol. The zero-order chi connectivity index (χ0) is 23.0. The molecule has 168 valence electrons. The lowest BCUT2D eigenvalue weighted by molar-refractivity contribution is 0.102. The molecule has 1 amide bonds. The van der Waals surface area contributed by atoms with Crippen LogP contribution in [-0.4, -0.2) is 35.4 Å². The number of hydrogen-bond acceptors (Lipinski definition) is 6. The molecule has 0 unspecified atom stereocenters. The second kappa shape index (κ2) is 8.64. The Morgan fingerprint density at radius 3 is 2.66 bits per heavy atom. The molecular weight excluding hydrogens is 458 g/mol. The van der Waals surface area contributed by atoms with Crippen LogP contribution in [-0.2, 0) is 10.0 Å². The highest BCUT2D eigenvalue weighted by Crippen LogP contribution is 2.38. The first-order valence-electron chi connectivity index (χ1n) is 9.85. The first-order valence-corrected chi connectivity index (χ1v) is 12.1. The number of benzene rings is 2. The maximum Gasteiger partial charge on any atom is 0.286 e. The molecular formula is C21H20F2N4O3S2. The monoisotopic (exact) mass is 478 g/mol. The summed E-state index contributed by atoms with van der Waals surface area (Å²) < 4.78 is 54.9. The molecule has 4 rings (SSSR count). The molecule has 0 aliphatic carbocycles. The van der Waals surface area contributed by atoms with Crippen LogP contribution in [0.3, 0.4) is 0 Å². The highest BCUT2D eigenvalue weighted by molar-refractivity contribution is 7.89. The van der Waals surface area contributed by atoms with E-state index in [1.54, 1.807) is 19.1 Å². The molecule has 0 saturated carbocycles. The smallest absolute Gasteiger partial charge is 0.286 e. The van der Waals surface area contributed by atoms with Crippen molar-refractivity contribution in [2.45, 2.75) is 37.6 Å². The third-order valence-corrected chi connectivity index (χ3v) is 8.31. The molecule has 1 N–H and O–H groups in total. The van der Waals surface area contributed by atoms with Crippen LogP contribution in [0.4, 0.5) is 14.5 Å². The van der Waals surface area contributed by atoms with Gasteiger partial charge in [0, 0.05) is 12.6 Å². The first kappa shape index (κ1) is 22.4. The molecule has 11 heteroatoms. The minimum Gasteiger partial charge on any atom is -0.317 e. The van der Waals surface area contributed by atoms with Gasteiger partial charge in [0.1, 0.15) is 16.6 Å². The van der Waals surface area contributed by atoms with Crippen molar-refractivity contribution in [1.82, 2.24) is 14.5 Å². The van der Waals surface area contributed by atoms with Gasteiger partial charge in [-0.3, -0.25) is 4.79 Å². The van der Waals surface area contributed by atoms with Gasteiger partial charge in [0.05, 0.1) is 16.6 Å². The normalized spacial score (nSPS) is 16.9. The second-order valence-electron chi connectivity index (χ2n) is 7.57. The number of aryl methyl sites for hydroxylation is 2. The highest BCUT2D eigenvalue weighted by atomic mass is 32.2. The highest BCUT2D eigenvalue weighted by Gasteiger charge is 2.39. The van der Waals surface area contributed by atoms with E-state index in [1.165, 1.54) is 4.31 Å². The number of sulfonamides is 1. The molecule has 7 nitrogen and oxygen atoms in total. The van der Waals surface area contributed by atoms with Crippen molar-refractivity contribution in [3.05, 3.63) is 69.2 Å². The van der Waals surface area contributed by atoms with Crippen molar-refractivity contribution in [2.24, 2.45) is 0 Å². The van der Waals surface area contributed by atoms with E-state index < -0.39 is 33.6 Å². The van der Waals surface area contributed by atoms with E-state index in [1.807, 2.05) is 13.0 Å². The number of rotatable bonds is 5. The SMILES string of the molecule is Cc1ccc(S(=O)(=O)N2CCC[C@H]2c2nnc(C(=O)Nc3ccc(F)cc3F)s2)c(C)c1. The van der Waals surface area contributed by atoms with Crippen molar-refractivity contribution >= 4 is 33.0 Å². The zero-order valence-corrected chi connectivity index (χ0v) is 18.9. The summed E-state index contributed by atoms with van der Waals surface area (Å²) in [6.45, 7) is 3.99. The minimum absolute atomic E-state index is 0.0421. The number of nitrogens with zero attached hydrogens (tertiary/aromatic N) is 3. The van der Waals surface area contributed by atoms with E-state index in [9.17, 15) is 22.0 Å². The lowest BCUT2D eigenvalue weighted by atomic mass is 10.2. The molecule has 0 spiro atoms. The summed E-state index contributed by atoms with van der Waals surface area (Å²) in [5.74, 6) is -2.38. The molecule has 2 aromatic carbocycles. The van der Waals surface area contributed by atoms with E-state index in [0.29, 0.717) is 36.0 Å². The van der Waals surface area contributed by atoms with Crippen molar-refractivity contribution in [3.8, 4) is 0 Å². The van der Waals surface area contributed by atoms with Gasteiger partial charge in [0.2, 0.25) is 15.0 Å². The topological polar surface area (TPSA) is 92.3 Å². The second-order valence-corrected chi connectivity index (χ2v) is 10.4. The van der Waals surface area contributed by atoms with E-state index in [2.05, 4.69) is 15.5 Å². The summed E-state index contributed by atoms with van der Waals surface area (Å²) in [6, 6.07) is 7.44. The van der Waals surface area contributed by atoms with Gasteiger partial charge in [-0.1, -0.05) is 29.0 Å². The Labute approximate surface area is 188 Å². The Morgan fingerprint density at radius 2 is 1.94 bits per heavy atom. The van der Waals surface area contributed by atoms with Gasteiger partial charge < -0.3 is 5.32 Å². The number of halogens is 2. The van der Waals surface area contributed by atoms with Gasteiger partial charge in [0.25, 0.3) is 5.91 Å². The van der Waals surface area contributed by atoms with Gasteiger partial charge in [-0.25, -0.2) is 17.2 Å². The fraction of sp³-hybridized carbons (Fsp3) is 0.286. The number of hydrogen-bond donors (Lipinski definition) is 1. The number of carbonyl (C=O) groups is 1. The Bertz CT molecular complexity index is 1290. The summed E-state index contributed by atoms with van der Waals surface area (Å²) in [7, 11) is -3.77. The van der Waals surface area contributed by atoms with Crippen molar-refractivity contribution in [2.75, 3.05) is 11.9 Å². The van der Waals surface area contributed by atoms with E-state index >= 15 is 0 Å². The third-order valence-electron chi connectivity index (χ3n) is 5.22. The van der Waals surface area contributed by atoms with Gasteiger partial charge in [-0.15, -0.1) is 10.2 Å². The van der Waals surface area contributed by atoms with Crippen molar-refractivity contribution in [1.29, 1.82) is 0 Å². The zero-order valence-electron chi connectivity index (χ0n) is 17.3. The fourth-order valence-corrected chi connectivity index (χ4v) is 6.54. The standard InChI is InChI=1S/C21H20F2N4O3S2/c1-12-5-8-18(13(2)10-12)32(29,30)27-9-3-4-17(27)20-25-26-21(31-20)19(28)24-16-7-6-14(22)11-15(16)23/h5-8,10-11,17H,3-4,9H2,1-2H3,(H,24,28)/t17-/m0/s1. The molecule has 1 aromatic heterocycles. The molecule has 1 aliphatic heterocycles. The lowest BCUT2D eigenvalue weighted by Crippen LogP contribution is -2.31. The quantitative estimate of drug-likeness (QED) is 0.593. The number of nitrogens with one attached hydrogen (secondary N) is 1. The van der Waals surface area contributed by atoms with Crippen molar-refractivity contribution < 1.29 is 22.0 Å². The number of carbonyl (C=O) groups excluding carboxylic acids is 1. The van der Waals surface area contributed by atoms with Crippen LogP contribution in [0.25, 0.3) is 0 Å². The van der Waals surface area contributed by atoms with E-state index in [-0.39, 0.29) is 15.6 Å². The van der Waals surface area contributed by atoms with E-state index in [4.69, 9.17) is 0 Å². The average molecular weight is 479 g/mol. The molecule has 1 fully saturated rings. The molecule has 3 aromatic rings. The van der Waals surface area contributed by atoms with Gasteiger partial charge >= 0.3 is 0 Å². The van der Waals surface area contributed by atoms with E-state index in [0.717, 1.165) is 29.0 Å². The summed E-state index contributed by atoms with van der Waals surface area (Å²) in [6.07, 6.45) is 1.20.